The lowest BCUT2D eigenvalue weighted by molar-refractivity contribution is -0.117. The summed E-state index contributed by atoms with van der Waals surface area (Å²) in [5, 5.41) is 0. The first-order valence-corrected chi connectivity index (χ1v) is 4.30. The van der Waals surface area contributed by atoms with Gasteiger partial charge in [-0.25, -0.2) is 4.98 Å². The Balaban J connectivity index is 2.85. The lowest BCUT2D eigenvalue weighted by atomic mass is 10.1. The van der Waals surface area contributed by atoms with Gasteiger partial charge in [0, 0.05) is 6.20 Å². The first-order valence-electron chi connectivity index (χ1n) is 4.30. The van der Waals surface area contributed by atoms with E-state index in [9.17, 15) is 4.79 Å². The van der Waals surface area contributed by atoms with Gasteiger partial charge in [0.15, 0.2) is 0 Å². The van der Waals surface area contributed by atoms with Gasteiger partial charge in [-0.05, 0) is 30.9 Å². The average Bonchev–Trinajstić information content (AvgIpc) is 2.08. The Labute approximate surface area is 83.3 Å². The van der Waals surface area contributed by atoms with Gasteiger partial charge in [-0.2, -0.15) is 0 Å². The zero-order chi connectivity index (χ0) is 10.6. The number of carbonyl (C=O) groups excluding carboxylic acids is 1. The molecule has 1 amide bonds. The van der Waals surface area contributed by atoms with Gasteiger partial charge < -0.3 is 5.73 Å². The smallest absolute Gasteiger partial charge is 0.229 e. The van der Waals surface area contributed by atoms with E-state index in [1.165, 1.54) is 0 Å². The first-order chi connectivity index (χ1) is 6.59. The highest BCUT2D eigenvalue weighted by atomic mass is 16.1. The predicted molar refractivity (Wildman–Crippen MR) is 54.4 cm³/mol. The van der Waals surface area contributed by atoms with Gasteiger partial charge in [-0.3, -0.25) is 4.79 Å². The third kappa shape index (κ3) is 2.91. The highest BCUT2D eigenvalue weighted by molar-refractivity contribution is 5.76. The average molecular weight is 188 g/mol. The number of hydrogen-bond donors (Lipinski definition) is 1. The summed E-state index contributed by atoms with van der Waals surface area (Å²) in [5.41, 5.74) is 7.78. The topological polar surface area (TPSA) is 56.0 Å². The normalized spacial score (nSPS) is 9.00. The largest absolute Gasteiger partial charge is 0.369 e. The molecule has 0 radical (unpaired) electrons. The van der Waals surface area contributed by atoms with Crippen LogP contribution in [0, 0.1) is 25.7 Å². The summed E-state index contributed by atoms with van der Waals surface area (Å²) in [7, 11) is 0. The zero-order valence-corrected chi connectivity index (χ0v) is 8.29. The fourth-order valence-electron chi connectivity index (χ4n) is 1.06. The van der Waals surface area contributed by atoms with Crippen LogP contribution in [0.1, 0.15) is 23.2 Å². The monoisotopic (exact) mass is 188 g/mol. The van der Waals surface area contributed by atoms with Gasteiger partial charge in [0.25, 0.3) is 0 Å². The number of pyridine rings is 1. The van der Waals surface area contributed by atoms with Gasteiger partial charge in [-0.1, -0.05) is 12.0 Å². The molecule has 1 aromatic rings. The van der Waals surface area contributed by atoms with Crippen LogP contribution in [0.3, 0.4) is 0 Å². The van der Waals surface area contributed by atoms with Crippen molar-refractivity contribution in [2.45, 2.75) is 20.3 Å². The molecule has 0 saturated carbocycles. The Morgan fingerprint density at radius 1 is 1.57 bits per heavy atom. The molecule has 0 atom stereocenters. The highest BCUT2D eigenvalue weighted by Crippen LogP contribution is 2.04. The molecular formula is C11H12N2O. The first kappa shape index (κ1) is 10.3. The minimum atomic E-state index is -0.415. The molecule has 0 spiro atoms. The Bertz CT molecular complexity index is 413. The number of amides is 1. The third-order valence-corrected chi connectivity index (χ3v) is 1.68. The predicted octanol–water partition coefficient (Wildman–Crippen LogP) is 0.925. The molecule has 1 aromatic heterocycles. The number of aryl methyl sites for hydroxylation is 2. The summed E-state index contributed by atoms with van der Waals surface area (Å²) in [4.78, 5) is 14.6. The molecule has 0 unspecified atom stereocenters. The number of hydrogen-bond acceptors (Lipinski definition) is 2. The van der Waals surface area contributed by atoms with Crippen molar-refractivity contribution in [1.82, 2.24) is 4.98 Å². The van der Waals surface area contributed by atoms with E-state index in [2.05, 4.69) is 16.8 Å². The molecule has 3 nitrogen and oxygen atoms in total. The van der Waals surface area contributed by atoms with E-state index in [-0.39, 0.29) is 6.42 Å². The zero-order valence-electron chi connectivity index (χ0n) is 8.29. The minimum Gasteiger partial charge on any atom is -0.369 e. The molecule has 1 rings (SSSR count). The van der Waals surface area contributed by atoms with E-state index >= 15 is 0 Å². The maximum atomic E-state index is 10.4. The molecule has 0 bridgehead atoms. The molecule has 72 valence electrons. The maximum absolute atomic E-state index is 10.4. The van der Waals surface area contributed by atoms with E-state index in [1.807, 2.05) is 19.9 Å². The van der Waals surface area contributed by atoms with E-state index in [4.69, 9.17) is 5.73 Å². The number of carbonyl (C=O) groups is 1. The Kier molecular flexibility index (Phi) is 3.24. The van der Waals surface area contributed by atoms with Crippen LogP contribution in [0.25, 0.3) is 0 Å². The minimum absolute atomic E-state index is 0.0784. The quantitative estimate of drug-likeness (QED) is 0.666. The molecule has 0 saturated heterocycles. The van der Waals surface area contributed by atoms with E-state index in [0.717, 1.165) is 11.1 Å². The summed E-state index contributed by atoms with van der Waals surface area (Å²) >= 11 is 0. The highest BCUT2D eigenvalue weighted by Gasteiger charge is 1.95. The van der Waals surface area contributed by atoms with Crippen molar-refractivity contribution in [3.63, 3.8) is 0 Å². The molecule has 2 N–H and O–H groups in total. The molecule has 0 aliphatic carbocycles. The van der Waals surface area contributed by atoms with E-state index < -0.39 is 5.91 Å². The molecule has 0 aliphatic heterocycles. The second-order valence-electron chi connectivity index (χ2n) is 3.12. The summed E-state index contributed by atoms with van der Waals surface area (Å²) in [6.45, 7) is 3.91. The van der Waals surface area contributed by atoms with Crippen LogP contribution in [-0.2, 0) is 4.79 Å². The van der Waals surface area contributed by atoms with Gasteiger partial charge >= 0.3 is 0 Å². The maximum Gasteiger partial charge on any atom is 0.229 e. The molecule has 0 aliphatic rings. The van der Waals surface area contributed by atoms with Crippen molar-refractivity contribution in [2.24, 2.45) is 5.73 Å². The summed E-state index contributed by atoms with van der Waals surface area (Å²) < 4.78 is 0. The van der Waals surface area contributed by atoms with Crippen LogP contribution in [0.5, 0.6) is 0 Å². The Morgan fingerprint density at radius 3 is 2.86 bits per heavy atom. The van der Waals surface area contributed by atoms with Crippen molar-refractivity contribution >= 4 is 5.91 Å². The number of aromatic nitrogens is 1. The molecule has 1 heterocycles. The number of nitrogens with zero attached hydrogens (tertiary/aromatic N) is 1. The third-order valence-electron chi connectivity index (χ3n) is 1.68. The molecule has 3 heteroatoms. The summed E-state index contributed by atoms with van der Waals surface area (Å²) in [5.74, 6) is 5.07. The summed E-state index contributed by atoms with van der Waals surface area (Å²) in [6.07, 6.45) is 1.83. The lowest BCUT2D eigenvalue weighted by Gasteiger charge is -1.97. The van der Waals surface area contributed by atoms with Crippen LogP contribution in [0.4, 0.5) is 0 Å². The van der Waals surface area contributed by atoms with Crippen LogP contribution >= 0.6 is 0 Å². The molecular weight excluding hydrogens is 176 g/mol. The number of rotatable bonds is 1. The number of primary amides is 1. The Hall–Kier alpha value is -1.82. The van der Waals surface area contributed by atoms with Crippen LogP contribution in [-0.4, -0.2) is 10.9 Å². The van der Waals surface area contributed by atoms with Gasteiger partial charge in [0.05, 0.1) is 6.42 Å². The van der Waals surface area contributed by atoms with Gasteiger partial charge in [-0.15, -0.1) is 0 Å². The Morgan fingerprint density at radius 2 is 2.29 bits per heavy atom. The van der Waals surface area contributed by atoms with Crippen molar-refractivity contribution in [2.75, 3.05) is 0 Å². The molecule has 14 heavy (non-hydrogen) atoms. The van der Waals surface area contributed by atoms with Crippen LogP contribution < -0.4 is 5.73 Å². The molecule has 0 aromatic carbocycles. The van der Waals surface area contributed by atoms with Crippen molar-refractivity contribution in [3.8, 4) is 11.8 Å². The van der Waals surface area contributed by atoms with Crippen molar-refractivity contribution in [1.29, 1.82) is 0 Å². The summed E-state index contributed by atoms with van der Waals surface area (Å²) in [6, 6.07) is 2.00. The fourth-order valence-corrected chi connectivity index (χ4v) is 1.06. The van der Waals surface area contributed by atoms with Gasteiger partial charge in [0.2, 0.25) is 5.91 Å². The van der Waals surface area contributed by atoms with E-state index in [1.54, 1.807) is 6.20 Å². The second kappa shape index (κ2) is 4.43. The standard InChI is InChI=1S/C11H12N2O/c1-8-6-9(2)10(13-7-8)4-3-5-11(12)14/h6-7H,5H2,1-2H3,(H2,12,14). The lowest BCUT2D eigenvalue weighted by Crippen LogP contribution is -2.08. The van der Waals surface area contributed by atoms with Crippen molar-refractivity contribution in [3.05, 3.63) is 29.1 Å². The van der Waals surface area contributed by atoms with Crippen molar-refractivity contribution < 1.29 is 4.79 Å². The van der Waals surface area contributed by atoms with Crippen LogP contribution in [0.2, 0.25) is 0 Å². The second-order valence-corrected chi connectivity index (χ2v) is 3.12. The molecule has 0 fully saturated rings. The number of nitrogens with two attached hydrogens (primary N) is 1. The SMILES string of the molecule is Cc1cnc(C#CCC(N)=O)c(C)c1. The van der Waals surface area contributed by atoms with Crippen LogP contribution in [0.15, 0.2) is 12.3 Å². The fraction of sp³-hybridized carbons (Fsp3) is 0.273. The van der Waals surface area contributed by atoms with E-state index in [0.29, 0.717) is 5.69 Å². The van der Waals surface area contributed by atoms with Gasteiger partial charge in [0.1, 0.15) is 5.69 Å².